The maximum atomic E-state index is 0. The van der Waals surface area contributed by atoms with Crippen molar-refractivity contribution < 1.29 is 279 Å². The first-order valence-electron chi connectivity index (χ1n) is 0. The zero-order chi connectivity index (χ0) is 0. The van der Waals surface area contributed by atoms with Gasteiger partial charge >= 0.3 is 63.2 Å². The third-order valence-corrected chi connectivity index (χ3v) is 0. The van der Waals surface area contributed by atoms with Crippen molar-refractivity contribution in [2.24, 2.45) is 0 Å². The van der Waals surface area contributed by atoms with E-state index in [0.29, 0.717) is 0 Å². The van der Waals surface area contributed by atoms with Crippen LogP contribution in [0.5, 0.6) is 0 Å². The van der Waals surface area contributed by atoms with Crippen LogP contribution in [0.25, 0.3) is 0 Å². The molecule has 0 atom stereocenters. The summed E-state index contributed by atoms with van der Waals surface area (Å²) >= 11 is 0. The molecule has 37 heavy (non-hydrogen) atoms. The van der Waals surface area contributed by atoms with Crippen molar-refractivity contribution in [1.82, 2.24) is 36.9 Å². The summed E-state index contributed by atoms with van der Waals surface area (Å²) in [6, 6.07) is 0. The van der Waals surface area contributed by atoms with Crippen LogP contribution in [0.15, 0.2) is 0 Å². The molecule has 270 valence electrons. The Morgan fingerprint density at radius 2 is 0.108 bits per heavy atom. The van der Waals surface area contributed by atoms with Gasteiger partial charge < -0.3 is 168 Å². The topological polar surface area (TPSA) is 930 Å². The maximum absolute atomic E-state index is 0. The summed E-state index contributed by atoms with van der Waals surface area (Å²) in [7, 11) is 0. The third kappa shape index (κ3) is 4280. The van der Waals surface area contributed by atoms with Crippen molar-refractivity contribution >= 4 is 0 Å². The monoisotopic (exact) mass is 1200 g/mol. The van der Waals surface area contributed by atoms with E-state index in [1.165, 1.54) is 0 Å². The summed E-state index contributed by atoms with van der Waals surface area (Å²) in [5.74, 6) is 0. The molecular formula is H42Mo7N6O24-12. The van der Waals surface area contributed by atoms with Crippen molar-refractivity contribution in [3.8, 4) is 0 Å². The molecule has 0 radical (unpaired) electrons. The van der Waals surface area contributed by atoms with Gasteiger partial charge in [-0.3, -0.25) is 0 Å². The fraction of sp³-hybridized carbons (Fsp3) is 0. The molecule has 0 aromatic heterocycles. The van der Waals surface area contributed by atoms with E-state index < -0.39 is 0 Å². The van der Waals surface area contributed by atoms with Gasteiger partial charge in [0.05, 0.1) is 0 Å². The first-order valence-corrected chi connectivity index (χ1v) is 0. The minimum Gasteiger partial charge on any atom is -0.870 e. The van der Waals surface area contributed by atoms with Crippen LogP contribution in [-0.4, -0.2) is 131 Å². The molecule has 30 nitrogen and oxygen atoms in total. The minimum atomic E-state index is 0. The van der Waals surface area contributed by atoms with Crippen LogP contribution in [0.2, 0.25) is 0 Å². The van der Waals surface area contributed by atoms with E-state index in [1.54, 1.807) is 0 Å². The van der Waals surface area contributed by atoms with Crippen LogP contribution in [-0.2, 0) is 147 Å². The maximum Gasteiger partial charge on any atom is 4.00 e. The molecule has 0 unspecified atom stereocenters. The van der Waals surface area contributed by atoms with E-state index in [2.05, 4.69) is 0 Å². The molecule has 42 N–H and O–H groups in total. The second-order valence-electron chi connectivity index (χ2n) is 0. The molecule has 0 fully saturated rings. The Morgan fingerprint density at radius 1 is 0.108 bits per heavy atom. The summed E-state index contributed by atoms with van der Waals surface area (Å²) in [6.07, 6.45) is 0. The van der Waals surface area contributed by atoms with Crippen LogP contribution in [0, 0.1) is 0 Å². The molecule has 0 rings (SSSR count). The standard InChI is InChI=1S/7Mo.6H3N.24H2O/h;;;;;;;6*1H3;24*1H2/q;;;;3*+4;;;;;;;;;;;;;;;;;;;;;;;;;;;;;;/p-24. The molecule has 37 heteroatoms. The van der Waals surface area contributed by atoms with Gasteiger partial charge in [0.25, 0.3) is 0 Å². The Balaban J connectivity index is 0. The van der Waals surface area contributed by atoms with Gasteiger partial charge in [0.1, 0.15) is 0 Å². The van der Waals surface area contributed by atoms with E-state index in [0.717, 1.165) is 0 Å². The van der Waals surface area contributed by atoms with Crippen molar-refractivity contribution in [2.45, 2.75) is 0 Å². The molecule has 0 saturated carbocycles. The SMILES string of the molecule is N.N.N.N.N.N.[Mo+4].[Mo+4].[Mo+4].[Mo].[Mo].[Mo].[Mo].[OH-].[OH-].[OH-].[OH-].[OH-].[OH-].[OH-].[OH-].[OH-].[OH-].[OH-].[OH-].[OH-].[OH-].[OH-].[OH-].[OH-].[OH-].[OH-].[OH-].[OH-].[OH-].[OH-].[OH-]. The van der Waals surface area contributed by atoms with Gasteiger partial charge in [-0.25, -0.2) is 0 Å². The summed E-state index contributed by atoms with van der Waals surface area (Å²) < 4.78 is 0. The number of rotatable bonds is 0. The van der Waals surface area contributed by atoms with Crippen LogP contribution in [0.4, 0.5) is 0 Å². The van der Waals surface area contributed by atoms with Gasteiger partial charge in [-0.05, 0) is 0 Å². The average molecular weight is 1180 g/mol. The molecule has 0 aliphatic carbocycles. The minimum absolute atomic E-state index is 0. The van der Waals surface area contributed by atoms with Crippen molar-refractivity contribution in [1.29, 1.82) is 0 Å². The molecular weight excluding hydrogens is 1140 g/mol. The normalized spacial score (nSPS) is 0. The van der Waals surface area contributed by atoms with Crippen LogP contribution in [0.3, 0.4) is 0 Å². The third-order valence-electron chi connectivity index (χ3n) is 0. The van der Waals surface area contributed by atoms with E-state index >= 15 is 0 Å². The summed E-state index contributed by atoms with van der Waals surface area (Å²) in [5, 5.41) is 0. The second kappa shape index (κ2) is 4510. The predicted molar refractivity (Wildman–Crippen MR) is 76.6 cm³/mol. The molecule has 0 aliphatic heterocycles. The molecule has 0 aromatic rings. The Hall–Kier alpha value is 3.62. The number of hydrogen-bond donors (Lipinski definition) is 6. The molecule has 0 aromatic carbocycles. The zero-order valence-electron chi connectivity index (χ0n) is 17.8. The van der Waals surface area contributed by atoms with Gasteiger partial charge in [0.2, 0.25) is 0 Å². The van der Waals surface area contributed by atoms with E-state index in [9.17, 15) is 0 Å². The quantitative estimate of drug-likeness (QED) is 0.129. The first kappa shape index (κ1) is 4870. The smallest absolute Gasteiger partial charge is 0.870 e. The molecule has 0 spiro atoms. The largest absolute Gasteiger partial charge is 4.00 e. The number of hydrogen-bond acceptors (Lipinski definition) is 30. The Morgan fingerprint density at radius 3 is 0.108 bits per heavy atom. The van der Waals surface area contributed by atoms with Gasteiger partial charge in [-0.1, -0.05) is 0 Å². The van der Waals surface area contributed by atoms with E-state index in [4.69, 9.17) is 0 Å². The average Bonchev–Trinajstić information content (AvgIpc) is 0. The van der Waals surface area contributed by atoms with Gasteiger partial charge in [0.15, 0.2) is 0 Å². The van der Waals surface area contributed by atoms with E-state index in [-0.39, 0.29) is 316 Å². The molecule has 0 heterocycles. The van der Waals surface area contributed by atoms with Gasteiger partial charge in [0, 0.05) is 84.3 Å². The summed E-state index contributed by atoms with van der Waals surface area (Å²) in [5.41, 5.74) is 0. The Labute approximate surface area is 312 Å². The Bertz CT molecular complexity index is 47.5. The fourth-order valence-corrected chi connectivity index (χ4v) is 0. The van der Waals surface area contributed by atoms with Gasteiger partial charge in [-0.2, -0.15) is 0 Å². The Kier molecular flexibility index (Phi) is 594000. The fourth-order valence-electron chi connectivity index (χ4n) is 0. The van der Waals surface area contributed by atoms with Gasteiger partial charge in [-0.15, -0.1) is 0 Å². The van der Waals surface area contributed by atoms with Crippen LogP contribution >= 0.6 is 0 Å². The van der Waals surface area contributed by atoms with Crippen molar-refractivity contribution in [3.05, 3.63) is 0 Å². The summed E-state index contributed by atoms with van der Waals surface area (Å²) in [6.45, 7) is 0. The second-order valence-corrected chi connectivity index (χ2v) is 0. The summed E-state index contributed by atoms with van der Waals surface area (Å²) in [4.78, 5) is 0. The van der Waals surface area contributed by atoms with Crippen molar-refractivity contribution in [2.75, 3.05) is 0 Å². The molecule has 0 saturated heterocycles. The predicted octanol–water partition coefficient (Wildman–Crippen LogP) is -3.29. The molecule has 0 aliphatic rings. The molecule has 0 bridgehead atoms. The zero-order valence-corrected chi connectivity index (χ0v) is 31.9. The molecule has 0 amide bonds. The van der Waals surface area contributed by atoms with Crippen molar-refractivity contribution in [3.63, 3.8) is 0 Å². The van der Waals surface area contributed by atoms with Crippen LogP contribution in [0.1, 0.15) is 0 Å². The first-order chi connectivity index (χ1) is 0. The van der Waals surface area contributed by atoms with E-state index in [1.807, 2.05) is 0 Å². The van der Waals surface area contributed by atoms with Crippen LogP contribution < -0.4 is 36.9 Å².